The Hall–Kier alpha value is -1.81. The third-order valence-electron chi connectivity index (χ3n) is 2.44. The van der Waals surface area contributed by atoms with E-state index in [-0.39, 0.29) is 0 Å². The molecule has 0 N–H and O–H groups in total. The Morgan fingerprint density at radius 3 is 2.94 bits per heavy atom. The van der Waals surface area contributed by atoms with Crippen LogP contribution in [0.3, 0.4) is 0 Å². The van der Waals surface area contributed by atoms with Gasteiger partial charge in [-0.1, -0.05) is 18.2 Å². The summed E-state index contributed by atoms with van der Waals surface area (Å²) in [4.78, 5) is 13.1. The predicted molar refractivity (Wildman–Crippen MR) is 65.4 cm³/mol. The second-order valence-electron chi connectivity index (χ2n) is 3.54. The van der Waals surface area contributed by atoms with E-state index < -0.39 is 0 Å². The lowest BCUT2D eigenvalue weighted by Crippen LogP contribution is -1.90. The zero-order valence-corrected chi connectivity index (χ0v) is 9.53. The molecule has 0 bridgehead atoms. The normalized spacial score (nSPS) is 10.8. The molecule has 1 aromatic carbocycles. The number of nitrogens with zero attached hydrogens (tertiary/aromatic N) is 3. The Bertz CT molecular complexity index is 632. The smallest absolute Gasteiger partial charge is 0.189 e. The Morgan fingerprint density at radius 1 is 1.19 bits per heavy atom. The van der Waals surface area contributed by atoms with Gasteiger partial charge in [-0.2, -0.15) is 0 Å². The number of rotatable bonds is 1. The quantitative estimate of drug-likeness (QED) is 0.641. The molecule has 2 aromatic heterocycles. The van der Waals surface area contributed by atoms with Gasteiger partial charge in [0.05, 0.1) is 5.52 Å². The highest BCUT2D eigenvalue weighted by Gasteiger charge is 2.06. The lowest BCUT2D eigenvalue weighted by atomic mass is 10.1. The highest BCUT2D eigenvalue weighted by Crippen LogP contribution is 2.21. The first-order valence-electron chi connectivity index (χ1n) is 4.97. The average Bonchev–Trinajstić information content (AvgIpc) is 2.83. The molecule has 0 aliphatic rings. The first-order valence-corrected chi connectivity index (χ1v) is 5.85. The van der Waals surface area contributed by atoms with Crippen molar-refractivity contribution in [1.29, 1.82) is 0 Å². The molecular formula is C12H9N3S. The van der Waals surface area contributed by atoms with Crippen molar-refractivity contribution in [2.75, 3.05) is 0 Å². The van der Waals surface area contributed by atoms with Crippen LogP contribution in [0.1, 0.15) is 5.56 Å². The summed E-state index contributed by atoms with van der Waals surface area (Å²) in [6.07, 6.45) is 3.62. The van der Waals surface area contributed by atoms with Gasteiger partial charge in [0.15, 0.2) is 10.8 Å². The van der Waals surface area contributed by atoms with Crippen LogP contribution in [0, 0.1) is 6.92 Å². The molecule has 0 saturated heterocycles. The Labute approximate surface area is 96.8 Å². The monoisotopic (exact) mass is 227 g/mol. The molecule has 0 amide bonds. The van der Waals surface area contributed by atoms with Crippen LogP contribution in [-0.4, -0.2) is 15.0 Å². The van der Waals surface area contributed by atoms with Crippen LogP contribution in [0.4, 0.5) is 0 Å². The van der Waals surface area contributed by atoms with E-state index in [9.17, 15) is 0 Å². The van der Waals surface area contributed by atoms with E-state index >= 15 is 0 Å². The number of benzene rings is 1. The van der Waals surface area contributed by atoms with Crippen LogP contribution >= 0.6 is 11.3 Å². The Morgan fingerprint density at radius 2 is 2.12 bits per heavy atom. The Balaban J connectivity index is 2.27. The molecule has 3 nitrogen and oxygen atoms in total. The number of hydrogen-bond donors (Lipinski definition) is 0. The molecule has 16 heavy (non-hydrogen) atoms. The minimum absolute atomic E-state index is 0.705. The van der Waals surface area contributed by atoms with Crippen molar-refractivity contribution in [1.82, 2.24) is 15.0 Å². The van der Waals surface area contributed by atoms with Gasteiger partial charge in [-0.15, -0.1) is 11.3 Å². The lowest BCUT2D eigenvalue weighted by molar-refractivity contribution is 1.20. The van der Waals surface area contributed by atoms with E-state index in [1.54, 1.807) is 17.5 Å². The van der Waals surface area contributed by atoms with Gasteiger partial charge in [0.2, 0.25) is 0 Å². The van der Waals surface area contributed by atoms with Crippen LogP contribution in [-0.2, 0) is 0 Å². The predicted octanol–water partition coefficient (Wildman–Crippen LogP) is 3.06. The van der Waals surface area contributed by atoms with Gasteiger partial charge in [0, 0.05) is 23.2 Å². The fourth-order valence-corrected chi connectivity index (χ4v) is 2.22. The summed E-state index contributed by atoms with van der Waals surface area (Å²) >= 11 is 1.55. The number of thiazole rings is 1. The average molecular weight is 227 g/mol. The standard InChI is InChI=1S/C12H9N3S/c1-8-3-2-4-9-7-14-11(15-10(8)9)12-13-5-6-16-12/h2-7H,1H3. The van der Waals surface area contributed by atoms with Crippen LogP contribution in [0.5, 0.6) is 0 Å². The maximum absolute atomic E-state index is 4.55. The minimum atomic E-state index is 0.705. The second-order valence-corrected chi connectivity index (χ2v) is 4.44. The van der Waals surface area contributed by atoms with Gasteiger partial charge in [0.1, 0.15) is 0 Å². The largest absolute Gasteiger partial charge is 0.241 e. The van der Waals surface area contributed by atoms with Gasteiger partial charge in [-0.25, -0.2) is 15.0 Å². The SMILES string of the molecule is Cc1cccc2cnc(-c3nccs3)nc12. The van der Waals surface area contributed by atoms with Crippen molar-refractivity contribution in [2.24, 2.45) is 0 Å². The molecule has 0 aliphatic carbocycles. The second kappa shape index (κ2) is 3.64. The summed E-state index contributed by atoms with van der Waals surface area (Å²) in [5.74, 6) is 0.705. The summed E-state index contributed by atoms with van der Waals surface area (Å²) < 4.78 is 0. The summed E-state index contributed by atoms with van der Waals surface area (Å²) in [6, 6.07) is 6.10. The van der Waals surface area contributed by atoms with Crippen molar-refractivity contribution in [3.05, 3.63) is 41.5 Å². The number of fused-ring (bicyclic) bond motifs is 1. The summed E-state index contributed by atoms with van der Waals surface area (Å²) in [6.45, 7) is 2.06. The topological polar surface area (TPSA) is 38.7 Å². The molecule has 0 atom stereocenters. The lowest BCUT2D eigenvalue weighted by Gasteiger charge is -2.01. The van der Waals surface area contributed by atoms with Crippen LogP contribution in [0.15, 0.2) is 36.0 Å². The van der Waals surface area contributed by atoms with Crippen molar-refractivity contribution >= 4 is 22.2 Å². The highest BCUT2D eigenvalue weighted by atomic mass is 32.1. The molecule has 0 unspecified atom stereocenters. The number of aromatic nitrogens is 3. The summed E-state index contributed by atoms with van der Waals surface area (Å²) in [5, 5.41) is 3.87. The van der Waals surface area contributed by atoms with Gasteiger partial charge in [-0.3, -0.25) is 0 Å². The number of para-hydroxylation sites is 1. The molecule has 4 heteroatoms. The first-order chi connectivity index (χ1) is 7.84. The molecule has 3 rings (SSSR count). The zero-order chi connectivity index (χ0) is 11.0. The van der Waals surface area contributed by atoms with E-state index in [1.807, 2.05) is 23.7 Å². The third-order valence-corrected chi connectivity index (χ3v) is 3.21. The molecule has 78 valence electrons. The van der Waals surface area contributed by atoms with Gasteiger partial charge in [0.25, 0.3) is 0 Å². The van der Waals surface area contributed by atoms with Gasteiger partial charge < -0.3 is 0 Å². The molecule has 0 radical (unpaired) electrons. The van der Waals surface area contributed by atoms with Crippen molar-refractivity contribution < 1.29 is 0 Å². The Kier molecular flexibility index (Phi) is 2.15. The molecule has 0 saturated carbocycles. The van der Waals surface area contributed by atoms with E-state index in [0.717, 1.165) is 21.5 Å². The third kappa shape index (κ3) is 1.47. The minimum Gasteiger partial charge on any atom is -0.241 e. The number of hydrogen-bond acceptors (Lipinski definition) is 4. The molecule has 0 fully saturated rings. The fourth-order valence-electron chi connectivity index (χ4n) is 1.64. The van der Waals surface area contributed by atoms with Crippen molar-refractivity contribution in [3.8, 4) is 10.8 Å². The van der Waals surface area contributed by atoms with Crippen molar-refractivity contribution in [2.45, 2.75) is 6.92 Å². The van der Waals surface area contributed by atoms with E-state index in [1.165, 1.54) is 0 Å². The summed E-state index contributed by atoms with van der Waals surface area (Å²) in [5.41, 5.74) is 2.17. The van der Waals surface area contributed by atoms with Gasteiger partial charge >= 0.3 is 0 Å². The van der Waals surface area contributed by atoms with Crippen molar-refractivity contribution in [3.63, 3.8) is 0 Å². The zero-order valence-electron chi connectivity index (χ0n) is 8.71. The molecule has 2 heterocycles. The molecule has 0 aliphatic heterocycles. The summed E-state index contributed by atoms with van der Waals surface area (Å²) in [7, 11) is 0. The van der Waals surface area contributed by atoms with Crippen LogP contribution in [0.25, 0.3) is 21.7 Å². The highest BCUT2D eigenvalue weighted by molar-refractivity contribution is 7.13. The first kappa shape index (κ1) is 9.42. The van der Waals surface area contributed by atoms with E-state index in [2.05, 4.69) is 27.9 Å². The molecular weight excluding hydrogens is 218 g/mol. The van der Waals surface area contributed by atoms with E-state index in [4.69, 9.17) is 0 Å². The van der Waals surface area contributed by atoms with Crippen LogP contribution in [0.2, 0.25) is 0 Å². The van der Waals surface area contributed by atoms with Gasteiger partial charge in [-0.05, 0) is 12.5 Å². The molecule has 3 aromatic rings. The number of aryl methyl sites for hydroxylation is 1. The van der Waals surface area contributed by atoms with E-state index in [0.29, 0.717) is 5.82 Å². The van der Waals surface area contributed by atoms with Crippen LogP contribution < -0.4 is 0 Å². The fraction of sp³-hybridized carbons (Fsp3) is 0.0833. The molecule has 0 spiro atoms. The maximum atomic E-state index is 4.55. The maximum Gasteiger partial charge on any atom is 0.189 e.